The average molecular weight is 225 g/mol. The number of nitrogens with one attached hydrogen (secondary N) is 1. The van der Waals surface area contributed by atoms with Gasteiger partial charge in [0.2, 0.25) is 0 Å². The highest BCUT2D eigenvalue weighted by molar-refractivity contribution is 5.67. The number of benzene rings is 2. The van der Waals surface area contributed by atoms with Crippen molar-refractivity contribution in [1.29, 1.82) is 0 Å². The molecule has 0 aliphatic heterocycles. The maximum atomic E-state index is 3.38. The molecule has 0 atom stereocenters. The fourth-order valence-electron chi connectivity index (χ4n) is 2.04. The molecule has 17 heavy (non-hydrogen) atoms. The molecule has 1 N–H and O–H groups in total. The van der Waals surface area contributed by atoms with Gasteiger partial charge in [-0.25, -0.2) is 0 Å². The molecule has 0 aromatic heterocycles. The van der Waals surface area contributed by atoms with Gasteiger partial charge < -0.3 is 5.32 Å². The number of rotatable bonds is 5. The molecule has 0 bridgehead atoms. The Labute approximate surface area is 103 Å². The van der Waals surface area contributed by atoms with Crippen LogP contribution >= 0.6 is 0 Å². The molecular formula is C16H19N. The predicted molar refractivity (Wildman–Crippen MR) is 74.1 cm³/mol. The third-order valence-corrected chi connectivity index (χ3v) is 2.92. The molecule has 0 aliphatic carbocycles. The molecule has 88 valence electrons. The highest BCUT2D eigenvalue weighted by Crippen LogP contribution is 2.23. The van der Waals surface area contributed by atoms with Gasteiger partial charge in [-0.15, -0.1) is 0 Å². The summed E-state index contributed by atoms with van der Waals surface area (Å²) in [4.78, 5) is 0. The van der Waals surface area contributed by atoms with E-state index < -0.39 is 0 Å². The summed E-state index contributed by atoms with van der Waals surface area (Å²) in [6, 6.07) is 19.2. The molecular weight excluding hydrogens is 206 g/mol. The number of hydrogen-bond donors (Lipinski definition) is 1. The van der Waals surface area contributed by atoms with Crippen molar-refractivity contribution in [2.75, 3.05) is 13.1 Å². The van der Waals surface area contributed by atoms with E-state index in [4.69, 9.17) is 0 Å². The largest absolute Gasteiger partial charge is 0.317 e. The van der Waals surface area contributed by atoms with Crippen LogP contribution in [0.1, 0.15) is 12.5 Å². The Bertz CT molecular complexity index is 448. The van der Waals surface area contributed by atoms with Crippen LogP contribution in [0.5, 0.6) is 0 Å². The lowest BCUT2D eigenvalue weighted by atomic mass is 9.98. The predicted octanol–water partition coefficient (Wildman–Crippen LogP) is 3.51. The molecule has 2 aromatic rings. The van der Waals surface area contributed by atoms with E-state index in [1.807, 2.05) is 0 Å². The first-order chi connectivity index (χ1) is 8.42. The van der Waals surface area contributed by atoms with Crippen molar-refractivity contribution in [2.45, 2.75) is 13.3 Å². The van der Waals surface area contributed by atoms with Crippen molar-refractivity contribution in [3.05, 3.63) is 60.2 Å². The molecule has 0 spiro atoms. The smallest absolute Gasteiger partial charge is 0.000825 e. The minimum atomic E-state index is 1.04. The van der Waals surface area contributed by atoms with E-state index >= 15 is 0 Å². The molecule has 0 saturated carbocycles. The summed E-state index contributed by atoms with van der Waals surface area (Å²) in [5, 5.41) is 3.38. The van der Waals surface area contributed by atoms with Gasteiger partial charge in [0, 0.05) is 0 Å². The fraction of sp³-hybridized carbons (Fsp3) is 0.250. The maximum Gasteiger partial charge on any atom is -0.000825 e. The SMILES string of the molecule is CCNCCc1ccccc1-c1ccccc1. The van der Waals surface area contributed by atoms with E-state index in [0.717, 1.165) is 19.5 Å². The van der Waals surface area contributed by atoms with Crippen LogP contribution in [0.3, 0.4) is 0 Å². The van der Waals surface area contributed by atoms with E-state index in [-0.39, 0.29) is 0 Å². The van der Waals surface area contributed by atoms with Crippen molar-refractivity contribution in [3.8, 4) is 11.1 Å². The molecule has 0 radical (unpaired) electrons. The molecule has 0 unspecified atom stereocenters. The van der Waals surface area contributed by atoms with Crippen LogP contribution in [0.4, 0.5) is 0 Å². The van der Waals surface area contributed by atoms with Gasteiger partial charge in [-0.3, -0.25) is 0 Å². The Morgan fingerprint density at radius 1 is 0.882 bits per heavy atom. The van der Waals surface area contributed by atoms with Crippen LogP contribution in [-0.2, 0) is 6.42 Å². The Kier molecular flexibility index (Phi) is 4.34. The highest BCUT2D eigenvalue weighted by Gasteiger charge is 2.03. The molecule has 2 aromatic carbocycles. The summed E-state index contributed by atoms with van der Waals surface area (Å²) < 4.78 is 0. The van der Waals surface area contributed by atoms with Gasteiger partial charge in [-0.05, 0) is 36.2 Å². The zero-order valence-corrected chi connectivity index (χ0v) is 10.3. The van der Waals surface area contributed by atoms with Crippen LogP contribution in [0, 0.1) is 0 Å². The first-order valence-electron chi connectivity index (χ1n) is 6.26. The third-order valence-electron chi connectivity index (χ3n) is 2.92. The first kappa shape index (κ1) is 11.9. The molecule has 1 heteroatoms. The minimum absolute atomic E-state index is 1.04. The van der Waals surface area contributed by atoms with Gasteiger partial charge in [0.15, 0.2) is 0 Å². The third kappa shape index (κ3) is 3.18. The maximum absolute atomic E-state index is 3.38. The van der Waals surface area contributed by atoms with Crippen molar-refractivity contribution in [2.24, 2.45) is 0 Å². The summed E-state index contributed by atoms with van der Waals surface area (Å²) in [7, 11) is 0. The van der Waals surface area contributed by atoms with Gasteiger partial charge in [0.1, 0.15) is 0 Å². The van der Waals surface area contributed by atoms with Crippen molar-refractivity contribution in [3.63, 3.8) is 0 Å². The van der Waals surface area contributed by atoms with Crippen LogP contribution in [-0.4, -0.2) is 13.1 Å². The Morgan fingerprint density at radius 3 is 2.35 bits per heavy atom. The van der Waals surface area contributed by atoms with Crippen molar-refractivity contribution < 1.29 is 0 Å². The summed E-state index contributed by atoms with van der Waals surface area (Å²) >= 11 is 0. The van der Waals surface area contributed by atoms with E-state index in [0.29, 0.717) is 0 Å². The topological polar surface area (TPSA) is 12.0 Å². The molecule has 0 amide bonds. The van der Waals surface area contributed by atoms with Crippen LogP contribution in [0.15, 0.2) is 54.6 Å². The lowest BCUT2D eigenvalue weighted by molar-refractivity contribution is 0.717. The molecule has 0 heterocycles. The molecule has 1 nitrogen and oxygen atoms in total. The molecule has 2 rings (SSSR count). The Balaban J connectivity index is 2.22. The standard InChI is InChI=1S/C16H19N/c1-2-17-13-12-15-10-6-7-11-16(15)14-8-4-3-5-9-14/h3-11,17H,2,12-13H2,1H3. The van der Waals surface area contributed by atoms with Gasteiger partial charge in [-0.2, -0.15) is 0 Å². The van der Waals surface area contributed by atoms with E-state index in [9.17, 15) is 0 Å². The normalized spacial score (nSPS) is 10.4. The number of likely N-dealkylation sites (N-methyl/N-ethyl adjacent to an activating group) is 1. The quantitative estimate of drug-likeness (QED) is 0.768. The molecule has 0 aliphatic rings. The van der Waals surface area contributed by atoms with Crippen LogP contribution in [0.2, 0.25) is 0 Å². The van der Waals surface area contributed by atoms with Crippen LogP contribution < -0.4 is 5.32 Å². The monoisotopic (exact) mass is 225 g/mol. The van der Waals surface area contributed by atoms with Crippen LogP contribution in [0.25, 0.3) is 11.1 Å². The lowest BCUT2D eigenvalue weighted by Gasteiger charge is -2.09. The zero-order chi connectivity index (χ0) is 11.9. The van der Waals surface area contributed by atoms with E-state index in [2.05, 4.69) is 66.8 Å². The van der Waals surface area contributed by atoms with Gasteiger partial charge in [0.05, 0.1) is 0 Å². The Morgan fingerprint density at radius 2 is 1.59 bits per heavy atom. The Hall–Kier alpha value is -1.60. The van der Waals surface area contributed by atoms with Gasteiger partial charge >= 0.3 is 0 Å². The minimum Gasteiger partial charge on any atom is -0.317 e. The fourth-order valence-corrected chi connectivity index (χ4v) is 2.04. The average Bonchev–Trinajstić information content (AvgIpc) is 2.41. The number of hydrogen-bond acceptors (Lipinski definition) is 1. The first-order valence-corrected chi connectivity index (χ1v) is 6.26. The second-order valence-electron chi connectivity index (χ2n) is 4.13. The van der Waals surface area contributed by atoms with E-state index in [1.165, 1.54) is 16.7 Å². The molecule has 0 fully saturated rings. The molecule has 0 saturated heterocycles. The second-order valence-corrected chi connectivity index (χ2v) is 4.13. The highest BCUT2D eigenvalue weighted by atomic mass is 14.8. The second kappa shape index (κ2) is 6.21. The summed E-state index contributed by atoms with van der Waals surface area (Å²) in [5.41, 5.74) is 4.07. The summed E-state index contributed by atoms with van der Waals surface area (Å²) in [6.45, 7) is 4.22. The lowest BCUT2D eigenvalue weighted by Crippen LogP contribution is -2.16. The van der Waals surface area contributed by atoms with Gasteiger partial charge in [-0.1, -0.05) is 61.5 Å². The van der Waals surface area contributed by atoms with Crippen molar-refractivity contribution in [1.82, 2.24) is 5.32 Å². The summed E-state index contributed by atoms with van der Waals surface area (Å²) in [5.74, 6) is 0. The zero-order valence-electron chi connectivity index (χ0n) is 10.3. The summed E-state index contributed by atoms with van der Waals surface area (Å²) in [6.07, 6.45) is 1.08. The van der Waals surface area contributed by atoms with Crippen molar-refractivity contribution >= 4 is 0 Å². The van der Waals surface area contributed by atoms with Gasteiger partial charge in [0.25, 0.3) is 0 Å². The van der Waals surface area contributed by atoms with E-state index in [1.54, 1.807) is 0 Å².